The van der Waals surface area contributed by atoms with Crippen LogP contribution in [0.15, 0.2) is 42.6 Å². The summed E-state index contributed by atoms with van der Waals surface area (Å²) < 4.78 is 37.6. The van der Waals surface area contributed by atoms with Crippen molar-refractivity contribution in [3.05, 3.63) is 58.7 Å². The van der Waals surface area contributed by atoms with Crippen molar-refractivity contribution in [1.29, 1.82) is 0 Å². The van der Waals surface area contributed by atoms with Crippen LogP contribution in [0.3, 0.4) is 0 Å². The number of carbonyl (C=O) groups is 2. The normalized spacial score (nSPS) is 12.4. The van der Waals surface area contributed by atoms with Crippen molar-refractivity contribution in [2.24, 2.45) is 5.92 Å². The zero-order valence-electron chi connectivity index (χ0n) is 16.4. The fourth-order valence-electron chi connectivity index (χ4n) is 2.51. The molecular weight excluding hydrogens is 421 g/mol. The maximum atomic E-state index is 12.5. The van der Waals surface area contributed by atoms with E-state index in [4.69, 9.17) is 11.6 Å². The van der Waals surface area contributed by atoms with Gasteiger partial charge in [0, 0.05) is 29.9 Å². The Hall–Kier alpha value is -2.81. The number of alkyl halides is 3. The molecule has 0 aliphatic carbocycles. The number of amides is 2. The highest BCUT2D eigenvalue weighted by molar-refractivity contribution is 6.30. The Morgan fingerprint density at radius 3 is 2.27 bits per heavy atom. The minimum atomic E-state index is -4.44. The van der Waals surface area contributed by atoms with E-state index in [-0.39, 0.29) is 30.7 Å². The van der Waals surface area contributed by atoms with E-state index in [1.807, 2.05) is 0 Å². The molecule has 2 aromatic rings. The van der Waals surface area contributed by atoms with Gasteiger partial charge in [-0.25, -0.2) is 4.98 Å². The fourth-order valence-corrected chi connectivity index (χ4v) is 2.64. The SMILES string of the molecule is CC(C)C(NC(=O)c1ccc(Cl)cc1)C(=O)NCCNc1ccc(C(F)(F)F)cn1. The summed E-state index contributed by atoms with van der Waals surface area (Å²) in [5, 5.41) is 8.71. The molecule has 1 aromatic carbocycles. The Morgan fingerprint density at radius 1 is 1.07 bits per heavy atom. The van der Waals surface area contributed by atoms with Crippen molar-refractivity contribution < 1.29 is 22.8 Å². The molecule has 2 rings (SSSR count). The molecule has 0 aliphatic heterocycles. The highest BCUT2D eigenvalue weighted by atomic mass is 35.5. The second-order valence-electron chi connectivity index (χ2n) is 6.85. The lowest BCUT2D eigenvalue weighted by molar-refractivity contribution is -0.137. The highest BCUT2D eigenvalue weighted by Crippen LogP contribution is 2.28. The molecule has 162 valence electrons. The molecule has 1 aromatic heterocycles. The summed E-state index contributed by atoms with van der Waals surface area (Å²) in [7, 11) is 0. The monoisotopic (exact) mass is 442 g/mol. The lowest BCUT2D eigenvalue weighted by Gasteiger charge is -2.22. The molecular formula is C20H22ClF3N4O2. The molecule has 0 saturated carbocycles. The topological polar surface area (TPSA) is 83.1 Å². The van der Waals surface area contributed by atoms with E-state index in [2.05, 4.69) is 20.9 Å². The van der Waals surface area contributed by atoms with Gasteiger partial charge >= 0.3 is 6.18 Å². The highest BCUT2D eigenvalue weighted by Gasteiger charge is 2.30. The molecule has 0 spiro atoms. The number of carbonyl (C=O) groups excluding carboxylic acids is 2. The number of aromatic nitrogens is 1. The van der Waals surface area contributed by atoms with Crippen LogP contribution in [0.25, 0.3) is 0 Å². The summed E-state index contributed by atoms with van der Waals surface area (Å²) in [5.41, 5.74) is -0.453. The smallest absolute Gasteiger partial charge is 0.368 e. The molecule has 0 saturated heterocycles. The summed E-state index contributed by atoms with van der Waals surface area (Å²) in [6.45, 7) is 4.05. The summed E-state index contributed by atoms with van der Waals surface area (Å²) >= 11 is 5.81. The minimum absolute atomic E-state index is 0.161. The number of pyridine rings is 1. The van der Waals surface area contributed by atoms with E-state index in [1.54, 1.807) is 38.1 Å². The predicted octanol–water partition coefficient (Wildman–Crippen LogP) is 3.74. The third-order valence-corrected chi connectivity index (χ3v) is 4.42. The Bertz CT molecular complexity index is 856. The zero-order valence-corrected chi connectivity index (χ0v) is 17.1. The van der Waals surface area contributed by atoms with E-state index in [9.17, 15) is 22.8 Å². The third kappa shape index (κ3) is 6.91. The van der Waals surface area contributed by atoms with Crippen LogP contribution >= 0.6 is 11.6 Å². The minimum Gasteiger partial charge on any atom is -0.368 e. The molecule has 1 atom stereocenters. The van der Waals surface area contributed by atoms with Crippen molar-refractivity contribution in [3.63, 3.8) is 0 Å². The molecule has 0 aliphatic rings. The number of benzene rings is 1. The average Bonchev–Trinajstić information content (AvgIpc) is 2.69. The molecule has 0 radical (unpaired) electrons. The van der Waals surface area contributed by atoms with Crippen molar-refractivity contribution in [3.8, 4) is 0 Å². The van der Waals surface area contributed by atoms with Gasteiger partial charge in [0.1, 0.15) is 11.9 Å². The number of rotatable bonds is 8. The Kier molecular flexibility index (Phi) is 8.05. The van der Waals surface area contributed by atoms with E-state index in [1.165, 1.54) is 6.07 Å². The first-order valence-electron chi connectivity index (χ1n) is 9.19. The van der Waals surface area contributed by atoms with Gasteiger partial charge in [-0.3, -0.25) is 9.59 Å². The molecule has 1 heterocycles. The van der Waals surface area contributed by atoms with E-state index >= 15 is 0 Å². The summed E-state index contributed by atoms with van der Waals surface area (Å²) in [6.07, 6.45) is -3.70. The predicted molar refractivity (Wildman–Crippen MR) is 108 cm³/mol. The number of nitrogens with zero attached hydrogens (tertiary/aromatic N) is 1. The first kappa shape index (κ1) is 23.5. The molecule has 6 nitrogen and oxygen atoms in total. The van der Waals surface area contributed by atoms with E-state index in [0.717, 1.165) is 12.3 Å². The Labute approximate surface area is 177 Å². The van der Waals surface area contributed by atoms with Crippen molar-refractivity contribution >= 4 is 29.2 Å². The van der Waals surface area contributed by atoms with Crippen LogP contribution in [0.1, 0.15) is 29.8 Å². The summed E-state index contributed by atoms with van der Waals surface area (Å²) in [5.74, 6) is -0.665. The van der Waals surface area contributed by atoms with Gasteiger partial charge in [-0.2, -0.15) is 13.2 Å². The van der Waals surface area contributed by atoms with Gasteiger partial charge in [-0.15, -0.1) is 0 Å². The first-order chi connectivity index (χ1) is 14.1. The maximum absolute atomic E-state index is 12.5. The zero-order chi connectivity index (χ0) is 22.3. The van der Waals surface area contributed by atoms with Gasteiger partial charge in [0.15, 0.2) is 0 Å². The van der Waals surface area contributed by atoms with Crippen LogP contribution < -0.4 is 16.0 Å². The van der Waals surface area contributed by atoms with Crippen molar-refractivity contribution in [2.45, 2.75) is 26.1 Å². The van der Waals surface area contributed by atoms with Crippen LogP contribution in [0, 0.1) is 5.92 Å². The van der Waals surface area contributed by atoms with Crippen LogP contribution in [0.4, 0.5) is 19.0 Å². The molecule has 0 fully saturated rings. The second-order valence-corrected chi connectivity index (χ2v) is 7.29. The lowest BCUT2D eigenvalue weighted by atomic mass is 10.0. The number of halogens is 4. The largest absolute Gasteiger partial charge is 0.417 e. The standard InChI is InChI=1S/C20H22ClF3N4O2/c1-12(2)17(28-18(29)13-3-6-15(21)7-4-13)19(30)26-10-9-25-16-8-5-14(11-27-16)20(22,23)24/h3-8,11-12,17H,9-10H2,1-2H3,(H,25,27)(H,26,30)(H,28,29). The van der Waals surface area contributed by atoms with Gasteiger partial charge in [-0.05, 0) is 42.3 Å². The number of nitrogens with one attached hydrogen (secondary N) is 3. The van der Waals surface area contributed by atoms with Crippen LogP contribution in [-0.4, -0.2) is 35.9 Å². The quantitative estimate of drug-likeness (QED) is 0.544. The molecule has 0 bridgehead atoms. The van der Waals surface area contributed by atoms with Gasteiger partial charge in [-0.1, -0.05) is 25.4 Å². The van der Waals surface area contributed by atoms with Crippen molar-refractivity contribution in [2.75, 3.05) is 18.4 Å². The van der Waals surface area contributed by atoms with Crippen molar-refractivity contribution in [1.82, 2.24) is 15.6 Å². The summed E-state index contributed by atoms with van der Waals surface area (Å²) in [4.78, 5) is 28.5. The van der Waals surface area contributed by atoms with Crippen LogP contribution in [0.5, 0.6) is 0 Å². The Balaban J connectivity index is 1.83. The average molecular weight is 443 g/mol. The van der Waals surface area contributed by atoms with Gasteiger partial charge in [0.25, 0.3) is 5.91 Å². The molecule has 3 N–H and O–H groups in total. The van der Waals surface area contributed by atoms with Gasteiger partial charge in [0.2, 0.25) is 5.91 Å². The number of anilines is 1. The van der Waals surface area contributed by atoms with Gasteiger partial charge < -0.3 is 16.0 Å². The maximum Gasteiger partial charge on any atom is 0.417 e. The van der Waals surface area contributed by atoms with Gasteiger partial charge in [0.05, 0.1) is 5.56 Å². The molecule has 30 heavy (non-hydrogen) atoms. The molecule has 1 unspecified atom stereocenters. The lowest BCUT2D eigenvalue weighted by Crippen LogP contribution is -2.50. The fraction of sp³-hybridized carbons (Fsp3) is 0.350. The number of hydrogen-bond acceptors (Lipinski definition) is 4. The Morgan fingerprint density at radius 2 is 1.73 bits per heavy atom. The molecule has 2 amide bonds. The third-order valence-electron chi connectivity index (χ3n) is 4.16. The summed E-state index contributed by atoms with van der Waals surface area (Å²) in [6, 6.07) is 7.69. The number of hydrogen-bond donors (Lipinski definition) is 3. The van der Waals surface area contributed by atoms with Crippen LogP contribution in [0.2, 0.25) is 5.02 Å². The second kappa shape index (κ2) is 10.3. The van der Waals surface area contributed by atoms with E-state index in [0.29, 0.717) is 10.6 Å². The van der Waals surface area contributed by atoms with E-state index < -0.39 is 23.7 Å². The molecule has 10 heteroatoms. The van der Waals surface area contributed by atoms with Crippen LogP contribution in [-0.2, 0) is 11.0 Å². The first-order valence-corrected chi connectivity index (χ1v) is 9.57.